The molecule has 0 aliphatic carbocycles. The molecule has 1 aliphatic heterocycles. The fourth-order valence-electron chi connectivity index (χ4n) is 2.40. The van der Waals surface area contributed by atoms with Crippen LogP contribution in [0, 0.1) is 5.41 Å². The smallest absolute Gasteiger partial charge is 0.340 e. The van der Waals surface area contributed by atoms with Gasteiger partial charge in [0.05, 0.1) is 37.6 Å². The summed E-state index contributed by atoms with van der Waals surface area (Å²) in [4.78, 5) is 16.0. The third kappa shape index (κ3) is 2.58. The molecule has 0 saturated carbocycles. The molecule has 0 amide bonds. The van der Waals surface area contributed by atoms with Crippen molar-refractivity contribution in [2.45, 2.75) is 20.1 Å². The highest BCUT2D eigenvalue weighted by Gasteiger charge is 2.31. The minimum absolute atomic E-state index is 0.0371. The molecule has 0 radical (unpaired) electrons. The fourth-order valence-corrected chi connectivity index (χ4v) is 2.66. The predicted molar refractivity (Wildman–Crippen MR) is 80.0 cm³/mol. The number of carbonyl (C=O) groups is 1. The van der Waals surface area contributed by atoms with Gasteiger partial charge in [-0.25, -0.2) is 9.78 Å². The van der Waals surface area contributed by atoms with Gasteiger partial charge in [-0.3, -0.25) is 4.40 Å². The molecule has 1 saturated heterocycles. The Kier molecular flexibility index (Phi) is 3.84. The van der Waals surface area contributed by atoms with Crippen LogP contribution in [0.1, 0.15) is 36.1 Å². The zero-order valence-electron chi connectivity index (χ0n) is 12.6. The molecule has 2 aromatic rings. The molecule has 3 rings (SSSR count). The van der Waals surface area contributed by atoms with Gasteiger partial charge in [-0.05, 0) is 6.07 Å². The van der Waals surface area contributed by atoms with E-state index >= 15 is 0 Å². The summed E-state index contributed by atoms with van der Waals surface area (Å²) in [6.45, 7) is 5.26. The van der Waals surface area contributed by atoms with Crippen LogP contribution in [0.15, 0.2) is 18.6 Å². The molecule has 3 heterocycles. The first-order valence-electron chi connectivity index (χ1n) is 6.89. The molecule has 0 N–H and O–H groups in total. The minimum atomic E-state index is -0.562. The highest BCUT2D eigenvalue weighted by molar-refractivity contribution is 6.32. The number of methoxy groups -OCH3 is 1. The van der Waals surface area contributed by atoms with Crippen molar-refractivity contribution in [2.75, 3.05) is 20.3 Å². The van der Waals surface area contributed by atoms with Gasteiger partial charge >= 0.3 is 5.97 Å². The van der Waals surface area contributed by atoms with Crippen LogP contribution in [0.5, 0.6) is 0 Å². The maximum absolute atomic E-state index is 11.9. The number of pyridine rings is 1. The van der Waals surface area contributed by atoms with E-state index in [1.165, 1.54) is 7.11 Å². The van der Waals surface area contributed by atoms with E-state index in [1.807, 2.05) is 0 Å². The molecule has 0 bridgehead atoms. The van der Waals surface area contributed by atoms with Crippen LogP contribution in [-0.2, 0) is 14.2 Å². The lowest BCUT2D eigenvalue weighted by Crippen LogP contribution is -2.34. The van der Waals surface area contributed by atoms with Crippen LogP contribution < -0.4 is 0 Å². The second kappa shape index (κ2) is 5.53. The third-order valence-corrected chi connectivity index (χ3v) is 3.96. The first-order chi connectivity index (χ1) is 10.4. The number of rotatable bonds is 2. The molecule has 1 fully saturated rings. The lowest BCUT2D eigenvalue weighted by Gasteiger charge is -2.35. The van der Waals surface area contributed by atoms with Crippen molar-refractivity contribution >= 4 is 23.1 Å². The van der Waals surface area contributed by atoms with Crippen molar-refractivity contribution in [1.82, 2.24) is 9.38 Å². The average Bonchev–Trinajstić information content (AvgIpc) is 2.97. The monoisotopic (exact) mass is 324 g/mol. The average molecular weight is 325 g/mol. The van der Waals surface area contributed by atoms with Crippen LogP contribution >= 0.6 is 11.6 Å². The van der Waals surface area contributed by atoms with E-state index in [-0.39, 0.29) is 16.1 Å². The Morgan fingerprint density at radius 3 is 2.77 bits per heavy atom. The molecule has 1 aliphatic rings. The van der Waals surface area contributed by atoms with E-state index in [9.17, 15) is 4.79 Å². The highest BCUT2D eigenvalue weighted by Crippen LogP contribution is 2.35. The van der Waals surface area contributed by atoms with E-state index in [0.717, 1.165) is 5.52 Å². The van der Waals surface area contributed by atoms with E-state index in [1.54, 1.807) is 23.0 Å². The summed E-state index contributed by atoms with van der Waals surface area (Å²) in [6.07, 6.45) is 2.64. The quantitative estimate of drug-likeness (QED) is 0.628. The van der Waals surface area contributed by atoms with Crippen molar-refractivity contribution < 1.29 is 19.0 Å². The molecule has 0 atom stereocenters. The second-order valence-corrected chi connectivity index (χ2v) is 6.42. The minimum Gasteiger partial charge on any atom is -0.465 e. The van der Waals surface area contributed by atoms with Gasteiger partial charge in [0.25, 0.3) is 0 Å². The first kappa shape index (κ1) is 15.3. The van der Waals surface area contributed by atoms with Gasteiger partial charge in [0.2, 0.25) is 0 Å². The first-order valence-corrected chi connectivity index (χ1v) is 7.27. The van der Waals surface area contributed by atoms with Crippen LogP contribution in [0.4, 0.5) is 0 Å². The van der Waals surface area contributed by atoms with Crippen molar-refractivity contribution in [1.29, 1.82) is 0 Å². The number of ether oxygens (including phenoxy) is 3. The Morgan fingerprint density at radius 2 is 2.14 bits per heavy atom. The summed E-state index contributed by atoms with van der Waals surface area (Å²) in [5.41, 5.74) is 1.66. The molecule has 6 nitrogen and oxygen atoms in total. The summed E-state index contributed by atoms with van der Waals surface area (Å²) in [6, 6.07) is 1.65. The number of esters is 1. The van der Waals surface area contributed by atoms with Gasteiger partial charge in [-0.2, -0.15) is 0 Å². The van der Waals surface area contributed by atoms with Crippen LogP contribution in [0.3, 0.4) is 0 Å². The number of carbonyl (C=O) groups excluding carboxylic acids is 1. The van der Waals surface area contributed by atoms with Crippen LogP contribution in [-0.4, -0.2) is 35.7 Å². The van der Waals surface area contributed by atoms with Crippen LogP contribution in [0.25, 0.3) is 5.52 Å². The van der Waals surface area contributed by atoms with Crippen molar-refractivity contribution in [2.24, 2.45) is 5.41 Å². The molecular formula is C15H17ClN2O4. The SMILES string of the molecule is COC(=O)c1cc(C2OCC(C)(C)CO2)c2cncn2c1Cl. The summed E-state index contributed by atoms with van der Waals surface area (Å²) in [5.74, 6) is -0.516. The topological polar surface area (TPSA) is 62.1 Å². The van der Waals surface area contributed by atoms with E-state index in [4.69, 9.17) is 25.8 Å². The zero-order valence-corrected chi connectivity index (χ0v) is 13.4. The van der Waals surface area contributed by atoms with Gasteiger partial charge < -0.3 is 14.2 Å². The van der Waals surface area contributed by atoms with E-state index < -0.39 is 12.3 Å². The lowest BCUT2D eigenvalue weighted by molar-refractivity contribution is -0.225. The number of nitrogens with zero attached hydrogens (tertiary/aromatic N) is 2. The molecular weight excluding hydrogens is 308 g/mol. The highest BCUT2D eigenvalue weighted by atomic mass is 35.5. The normalized spacial score (nSPS) is 18.5. The van der Waals surface area contributed by atoms with Crippen molar-refractivity contribution in [3.63, 3.8) is 0 Å². The standard InChI is InChI=1S/C15H17ClN2O4/c1-15(2)6-21-14(22-7-15)9-4-10(13(19)20-3)12(16)18-8-17-5-11(9)18/h4-5,8,14H,6-7H2,1-3H3. The number of aromatic nitrogens is 2. The molecule has 7 heteroatoms. The Labute approximate surface area is 132 Å². The van der Waals surface area contributed by atoms with Gasteiger partial charge in [0, 0.05) is 11.0 Å². The summed E-state index contributed by atoms with van der Waals surface area (Å²) in [7, 11) is 1.31. The fraction of sp³-hybridized carbons (Fsp3) is 0.467. The van der Waals surface area contributed by atoms with E-state index in [0.29, 0.717) is 18.8 Å². The predicted octanol–water partition coefficient (Wildman–Crippen LogP) is 2.85. The molecule has 2 aromatic heterocycles. The van der Waals surface area contributed by atoms with Crippen molar-refractivity contribution in [3.05, 3.63) is 34.9 Å². The number of hydrogen-bond donors (Lipinski definition) is 0. The summed E-state index contributed by atoms with van der Waals surface area (Å²) < 4.78 is 18.0. The number of hydrogen-bond acceptors (Lipinski definition) is 5. The second-order valence-electron chi connectivity index (χ2n) is 6.06. The Bertz CT molecular complexity index is 716. The Morgan fingerprint density at radius 1 is 1.45 bits per heavy atom. The molecule has 0 spiro atoms. The van der Waals surface area contributed by atoms with Gasteiger partial charge in [-0.1, -0.05) is 25.4 Å². The maximum atomic E-state index is 11.9. The maximum Gasteiger partial charge on any atom is 0.340 e. The summed E-state index contributed by atoms with van der Waals surface area (Å²) >= 11 is 6.25. The Hall–Kier alpha value is -1.63. The largest absolute Gasteiger partial charge is 0.465 e. The van der Waals surface area contributed by atoms with E-state index in [2.05, 4.69) is 18.8 Å². The molecule has 118 valence electrons. The zero-order chi connectivity index (χ0) is 15.9. The Balaban J connectivity index is 2.07. The molecule has 0 unspecified atom stereocenters. The van der Waals surface area contributed by atoms with Crippen molar-refractivity contribution in [3.8, 4) is 0 Å². The number of imidazole rings is 1. The summed E-state index contributed by atoms with van der Waals surface area (Å²) in [5, 5.41) is 0.249. The van der Waals surface area contributed by atoms with Crippen LogP contribution in [0.2, 0.25) is 5.15 Å². The number of fused-ring (bicyclic) bond motifs is 1. The lowest BCUT2D eigenvalue weighted by atomic mass is 9.95. The number of halogens is 1. The molecule has 22 heavy (non-hydrogen) atoms. The molecule has 0 aromatic carbocycles. The van der Waals surface area contributed by atoms with Gasteiger partial charge in [-0.15, -0.1) is 0 Å². The third-order valence-electron chi connectivity index (χ3n) is 3.58. The van der Waals surface area contributed by atoms with Gasteiger partial charge in [0.15, 0.2) is 6.29 Å². The van der Waals surface area contributed by atoms with Gasteiger partial charge in [0.1, 0.15) is 11.5 Å².